The highest BCUT2D eigenvalue weighted by Gasteiger charge is 2.21. The minimum absolute atomic E-state index is 0.0409. The molecule has 1 saturated heterocycles. The number of ketones is 1. The number of amides is 1. The summed E-state index contributed by atoms with van der Waals surface area (Å²) in [5.74, 6) is 0.682. The minimum atomic E-state index is -0.209. The number of anilines is 1. The van der Waals surface area contributed by atoms with Gasteiger partial charge in [-0.2, -0.15) is 0 Å². The predicted octanol–water partition coefficient (Wildman–Crippen LogP) is 6.12. The van der Waals surface area contributed by atoms with E-state index >= 15 is 0 Å². The van der Waals surface area contributed by atoms with Gasteiger partial charge in [0, 0.05) is 24.6 Å². The fourth-order valence-corrected chi connectivity index (χ4v) is 4.88. The SMILES string of the molecule is COc1cc(N)c(Cl)cc1C(=O)NCC1CCN(CCCCCC(=O)c2cccc(Cl)c2Cl)CC1. The van der Waals surface area contributed by atoms with Crippen LogP contribution in [0.5, 0.6) is 5.75 Å². The molecule has 0 bridgehead atoms. The number of ether oxygens (including phenoxy) is 1. The normalized spacial score (nSPS) is 14.6. The van der Waals surface area contributed by atoms with Crippen LogP contribution in [0.2, 0.25) is 15.1 Å². The molecular weight excluding hydrogens is 509 g/mol. The van der Waals surface area contributed by atoms with Crippen LogP contribution < -0.4 is 15.8 Å². The van der Waals surface area contributed by atoms with Gasteiger partial charge < -0.3 is 20.7 Å². The molecule has 0 spiro atoms. The Bertz CT molecular complexity index is 1040. The maximum absolute atomic E-state index is 12.6. The Morgan fingerprint density at radius 3 is 2.51 bits per heavy atom. The first-order valence-corrected chi connectivity index (χ1v) is 13.0. The lowest BCUT2D eigenvalue weighted by molar-refractivity contribution is 0.0932. The largest absolute Gasteiger partial charge is 0.496 e. The Hall–Kier alpha value is -1.99. The maximum Gasteiger partial charge on any atom is 0.255 e. The Balaban J connectivity index is 1.32. The van der Waals surface area contributed by atoms with Crippen LogP contribution in [0, 0.1) is 5.92 Å². The van der Waals surface area contributed by atoms with Gasteiger partial charge in [0.15, 0.2) is 5.78 Å². The minimum Gasteiger partial charge on any atom is -0.496 e. The summed E-state index contributed by atoms with van der Waals surface area (Å²) in [5, 5.41) is 4.10. The number of nitrogens with zero attached hydrogens (tertiary/aromatic N) is 1. The molecular formula is C26H32Cl3N3O3. The van der Waals surface area contributed by atoms with Gasteiger partial charge in [0.1, 0.15) is 5.75 Å². The van der Waals surface area contributed by atoms with E-state index in [-0.39, 0.29) is 11.7 Å². The number of rotatable bonds is 11. The molecule has 1 aliphatic rings. The smallest absolute Gasteiger partial charge is 0.255 e. The summed E-state index contributed by atoms with van der Waals surface area (Å²) >= 11 is 18.2. The molecule has 35 heavy (non-hydrogen) atoms. The number of nitrogens with two attached hydrogens (primary N) is 1. The Labute approximate surface area is 222 Å². The molecule has 0 atom stereocenters. The number of methoxy groups -OCH3 is 1. The van der Waals surface area contributed by atoms with E-state index in [9.17, 15) is 9.59 Å². The van der Waals surface area contributed by atoms with Crippen molar-refractivity contribution in [3.8, 4) is 5.75 Å². The van der Waals surface area contributed by atoms with Crippen molar-refractivity contribution in [2.45, 2.75) is 38.5 Å². The summed E-state index contributed by atoms with van der Waals surface area (Å²) in [6, 6.07) is 8.28. The average molecular weight is 541 g/mol. The van der Waals surface area contributed by atoms with Crippen molar-refractivity contribution in [1.29, 1.82) is 0 Å². The number of benzene rings is 2. The average Bonchev–Trinajstić information content (AvgIpc) is 2.86. The van der Waals surface area contributed by atoms with E-state index in [0.717, 1.165) is 51.7 Å². The molecule has 0 aromatic heterocycles. The molecule has 2 aromatic carbocycles. The number of likely N-dealkylation sites (tertiary alicyclic amines) is 1. The van der Waals surface area contributed by atoms with Crippen molar-refractivity contribution in [1.82, 2.24) is 10.2 Å². The highest BCUT2D eigenvalue weighted by atomic mass is 35.5. The van der Waals surface area contributed by atoms with Gasteiger partial charge in [-0.1, -0.05) is 47.3 Å². The molecule has 1 amide bonds. The highest BCUT2D eigenvalue weighted by Crippen LogP contribution is 2.29. The lowest BCUT2D eigenvalue weighted by Gasteiger charge is -2.32. The monoisotopic (exact) mass is 539 g/mol. The molecule has 0 radical (unpaired) electrons. The van der Waals surface area contributed by atoms with Gasteiger partial charge in [-0.05, 0) is 69.4 Å². The first-order chi connectivity index (χ1) is 16.8. The lowest BCUT2D eigenvalue weighted by atomic mass is 9.96. The van der Waals surface area contributed by atoms with Gasteiger partial charge in [0.05, 0.1) is 33.4 Å². The second kappa shape index (κ2) is 13.4. The summed E-state index contributed by atoms with van der Waals surface area (Å²) in [6.45, 7) is 3.65. The van der Waals surface area contributed by atoms with Crippen LogP contribution in [0.25, 0.3) is 0 Å². The molecule has 0 aliphatic carbocycles. The van der Waals surface area contributed by atoms with E-state index in [2.05, 4.69) is 10.2 Å². The van der Waals surface area contributed by atoms with E-state index in [1.54, 1.807) is 30.3 Å². The second-order valence-corrected chi connectivity index (χ2v) is 10.1. The van der Waals surface area contributed by atoms with Gasteiger partial charge in [-0.3, -0.25) is 9.59 Å². The third-order valence-corrected chi connectivity index (χ3v) is 7.60. The van der Waals surface area contributed by atoms with Gasteiger partial charge >= 0.3 is 0 Å². The number of hydrogen-bond donors (Lipinski definition) is 2. The summed E-state index contributed by atoms with van der Waals surface area (Å²) in [6.07, 6.45) is 5.42. The van der Waals surface area contributed by atoms with E-state index in [4.69, 9.17) is 45.3 Å². The molecule has 6 nitrogen and oxygen atoms in total. The first kappa shape index (κ1) is 27.6. The third-order valence-electron chi connectivity index (χ3n) is 6.45. The Morgan fingerprint density at radius 2 is 1.80 bits per heavy atom. The second-order valence-electron chi connectivity index (χ2n) is 8.90. The van der Waals surface area contributed by atoms with Crippen LogP contribution in [-0.2, 0) is 0 Å². The van der Waals surface area contributed by atoms with Crippen molar-refractivity contribution in [2.75, 3.05) is 39.0 Å². The number of nitrogen functional groups attached to an aromatic ring is 1. The van der Waals surface area contributed by atoms with E-state index < -0.39 is 0 Å². The van der Waals surface area contributed by atoms with E-state index in [1.807, 2.05) is 0 Å². The Kier molecular flexibility index (Phi) is 10.5. The molecule has 2 aromatic rings. The molecule has 1 heterocycles. The quantitative estimate of drug-likeness (QED) is 0.204. The standard InChI is InChI=1S/C26H32Cl3N3O3/c1-35-24-15-22(30)21(28)14-19(24)26(34)31-16-17-9-12-32(13-10-17)11-4-2-3-8-23(33)18-6-5-7-20(27)25(18)29/h5-7,14-15,17H,2-4,8-13,16,30H2,1H3,(H,31,34). The van der Waals surface area contributed by atoms with Crippen molar-refractivity contribution in [2.24, 2.45) is 5.92 Å². The number of Topliss-reactive ketones (excluding diaryl/α,β-unsaturated/α-hetero) is 1. The number of halogens is 3. The predicted molar refractivity (Wildman–Crippen MR) is 143 cm³/mol. The summed E-state index contributed by atoms with van der Waals surface area (Å²) in [7, 11) is 1.50. The number of carbonyl (C=O) groups is 2. The van der Waals surface area contributed by atoms with Gasteiger partial charge in [-0.15, -0.1) is 0 Å². The van der Waals surface area contributed by atoms with Crippen molar-refractivity contribution in [3.63, 3.8) is 0 Å². The van der Waals surface area contributed by atoms with Gasteiger partial charge in [0.25, 0.3) is 5.91 Å². The van der Waals surface area contributed by atoms with Gasteiger partial charge in [-0.25, -0.2) is 0 Å². The fourth-order valence-electron chi connectivity index (χ4n) is 4.31. The summed E-state index contributed by atoms with van der Waals surface area (Å²) in [4.78, 5) is 27.5. The van der Waals surface area contributed by atoms with Gasteiger partial charge in [0.2, 0.25) is 0 Å². The maximum atomic E-state index is 12.6. The zero-order chi connectivity index (χ0) is 25.4. The number of nitrogens with one attached hydrogen (secondary N) is 1. The fraction of sp³-hybridized carbons (Fsp3) is 0.462. The number of carbonyl (C=O) groups excluding carboxylic acids is 2. The topological polar surface area (TPSA) is 84.7 Å². The molecule has 0 saturated carbocycles. The first-order valence-electron chi connectivity index (χ1n) is 11.9. The number of piperidine rings is 1. The van der Waals surface area contributed by atoms with Crippen LogP contribution in [-0.4, -0.2) is 49.9 Å². The summed E-state index contributed by atoms with van der Waals surface area (Å²) in [5.41, 5.74) is 7.07. The number of hydrogen-bond acceptors (Lipinski definition) is 5. The van der Waals surface area contributed by atoms with E-state index in [1.165, 1.54) is 7.11 Å². The zero-order valence-electron chi connectivity index (χ0n) is 19.9. The molecule has 1 aliphatic heterocycles. The van der Waals surface area contributed by atoms with Crippen LogP contribution in [0.3, 0.4) is 0 Å². The zero-order valence-corrected chi connectivity index (χ0v) is 22.2. The van der Waals surface area contributed by atoms with Crippen molar-refractivity contribution < 1.29 is 14.3 Å². The molecule has 3 N–H and O–H groups in total. The van der Waals surface area contributed by atoms with Crippen LogP contribution in [0.15, 0.2) is 30.3 Å². The number of unbranched alkanes of at least 4 members (excludes halogenated alkanes) is 2. The molecule has 190 valence electrons. The lowest BCUT2D eigenvalue weighted by Crippen LogP contribution is -2.39. The van der Waals surface area contributed by atoms with Crippen LogP contribution in [0.4, 0.5) is 5.69 Å². The van der Waals surface area contributed by atoms with Crippen molar-refractivity contribution >= 4 is 52.2 Å². The van der Waals surface area contributed by atoms with Crippen molar-refractivity contribution in [3.05, 3.63) is 56.5 Å². The summed E-state index contributed by atoms with van der Waals surface area (Å²) < 4.78 is 5.27. The van der Waals surface area contributed by atoms with Crippen LogP contribution >= 0.6 is 34.8 Å². The Morgan fingerprint density at radius 1 is 1.06 bits per heavy atom. The molecule has 3 rings (SSSR count). The van der Waals surface area contributed by atoms with Crippen LogP contribution in [0.1, 0.15) is 59.2 Å². The third kappa shape index (κ3) is 7.74. The molecule has 9 heteroatoms. The highest BCUT2D eigenvalue weighted by molar-refractivity contribution is 6.43. The molecule has 1 fully saturated rings. The molecule has 0 unspecified atom stereocenters. The van der Waals surface area contributed by atoms with E-state index in [0.29, 0.717) is 56.5 Å².